The van der Waals surface area contributed by atoms with Gasteiger partial charge in [0.25, 0.3) is 0 Å². The highest BCUT2D eigenvalue weighted by Gasteiger charge is 2.14. The fourth-order valence-corrected chi connectivity index (χ4v) is 1.54. The zero-order valence-electron chi connectivity index (χ0n) is 8.37. The Labute approximate surface area is 83.1 Å². The van der Waals surface area contributed by atoms with Crippen LogP contribution in [-0.2, 0) is 4.74 Å². The van der Waals surface area contributed by atoms with Crippen LogP contribution in [0.25, 0.3) is 0 Å². The molecule has 0 atom stereocenters. The van der Waals surface area contributed by atoms with Gasteiger partial charge in [-0.25, -0.2) is 4.99 Å². The van der Waals surface area contributed by atoms with E-state index in [2.05, 4.69) is 4.99 Å². The monoisotopic (exact) mass is 191 g/mol. The number of hydrogen-bond donors (Lipinski definition) is 1. The quantitative estimate of drug-likeness (QED) is 0.735. The van der Waals surface area contributed by atoms with Gasteiger partial charge < -0.3 is 9.84 Å². The minimum absolute atomic E-state index is 0.324. The van der Waals surface area contributed by atoms with Crippen molar-refractivity contribution < 1.29 is 9.84 Å². The average Bonchev–Trinajstić information content (AvgIpc) is 2.67. The fourth-order valence-electron chi connectivity index (χ4n) is 1.54. The number of phenolic OH excluding ortho intramolecular Hbond substituents is 1. The Morgan fingerprint density at radius 2 is 2.07 bits per heavy atom. The zero-order valence-corrected chi connectivity index (χ0v) is 8.37. The summed E-state index contributed by atoms with van der Waals surface area (Å²) in [4.78, 5) is 4.25. The number of aromatic hydroxyl groups is 1. The summed E-state index contributed by atoms with van der Waals surface area (Å²) in [7, 11) is 0. The van der Waals surface area contributed by atoms with Gasteiger partial charge >= 0.3 is 0 Å². The minimum Gasteiger partial charge on any atom is -0.508 e. The molecule has 1 N–H and O–H groups in total. The lowest BCUT2D eigenvalue weighted by atomic mass is 10.0. The van der Waals surface area contributed by atoms with Crippen LogP contribution >= 0.6 is 0 Å². The second-order valence-electron chi connectivity index (χ2n) is 3.42. The van der Waals surface area contributed by atoms with Crippen molar-refractivity contribution in [3.8, 4) is 5.75 Å². The molecule has 0 bridgehead atoms. The number of rotatable bonds is 1. The Balaban J connectivity index is 2.49. The predicted molar refractivity (Wildman–Crippen MR) is 54.9 cm³/mol. The topological polar surface area (TPSA) is 41.8 Å². The maximum atomic E-state index is 9.49. The number of benzene rings is 1. The van der Waals surface area contributed by atoms with E-state index >= 15 is 0 Å². The lowest BCUT2D eigenvalue weighted by molar-refractivity contribution is 0.348. The largest absolute Gasteiger partial charge is 0.508 e. The summed E-state index contributed by atoms with van der Waals surface area (Å²) in [6, 6.07) is 3.53. The van der Waals surface area contributed by atoms with Crippen LogP contribution in [0.15, 0.2) is 17.1 Å². The van der Waals surface area contributed by atoms with Crippen LogP contribution in [-0.4, -0.2) is 24.2 Å². The van der Waals surface area contributed by atoms with E-state index < -0.39 is 0 Å². The van der Waals surface area contributed by atoms with Crippen LogP contribution < -0.4 is 0 Å². The number of hydrogen-bond acceptors (Lipinski definition) is 3. The molecule has 1 aromatic rings. The Hall–Kier alpha value is -1.51. The molecule has 0 saturated carbocycles. The van der Waals surface area contributed by atoms with Gasteiger partial charge in [0.15, 0.2) is 0 Å². The van der Waals surface area contributed by atoms with Crippen molar-refractivity contribution in [1.29, 1.82) is 0 Å². The van der Waals surface area contributed by atoms with E-state index in [9.17, 15) is 5.11 Å². The predicted octanol–water partition coefficient (Wildman–Crippen LogP) is 1.79. The van der Waals surface area contributed by atoms with Crippen molar-refractivity contribution in [3.63, 3.8) is 0 Å². The molecule has 1 aliphatic rings. The second-order valence-corrected chi connectivity index (χ2v) is 3.42. The third kappa shape index (κ3) is 1.35. The first-order valence-corrected chi connectivity index (χ1v) is 4.67. The third-order valence-corrected chi connectivity index (χ3v) is 2.57. The average molecular weight is 191 g/mol. The summed E-state index contributed by atoms with van der Waals surface area (Å²) in [5.74, 6) is 1.02. The standard InChI is InChI=1S/C11H13NO2/c1-7-8(2)10(13)4-3-9(7)11-12-5-6-14-11/h3-4,13H,5-6H2,1-2H3. The maximum Gasteiger partial charge on any atom is 0.216 e. The number of nitrogens with zero attached hydrogens (tertiary/aromatic N) is 1. The normalized spacial score (nSPS) is 15.1. The van der Waals surface area contributed by atoms with Crippen LogP contribution in [0.3, 0.4) is 0 Å². The molecule has 3 heteroatoms. The van der Waals surface area contributed by atoms with Crippen LogP contribution in [0.4, 0.5) is 0 Å². The Kier molecular flexibility index (Phi) is 2.15. The van der Waals surface area contributed by atoms with Gasteiger partial charge in [0.2, 0.25) is 5.90 Å². The molecule has 1 heterocycles. The molecule has 0 unspecified atom stereocenters. The van der Waals surface area contributed by atoms with E-state index in [4.69, 9.17) is 4.74 Å². The molecule has 0 saturated heterocycles. The van der Waals surface area contributed by atoms with Crippen molar-refractivity contribution in [2.24, 2.45) is 4.99 Å². The SMILES string of the molecule is Cc1c(O)ccc(C2=NCCO2)c1C. The highest BCUT2D eigenvalue weighted by atomic mass is 16.5. The third-order valence-electron chi connectivity index (χ3n) is 2.57. The van der Waals surface area contributed by atoms with Crippen molar-refractivity contribution in [1.82, 2.24) is 0 Å². The summed E-state index contributed by atoms with van der Waals surface area (Å²) in [5, 5.41) is 9.49. The van der Waals surface area contributed by atoms with E-state index in [-0.39, 0.29) is 0 Å². The number of phenols is 1. The van der Waals surface area contributed by atoms with Crippen LogP contribution in [0.1, 0.15) is 16.7 Å². The molecule has 1 aliphatic heterocycles. The molecule has 14 heavy (non-hydrogen) atoms. The maximum absolute atomic E-state index is 9.49. The molecule has 0 amide bonds. The van der Waals surface area contributed by atoms with Crippen molar-refractivity contribution in [3.05, 3.63) is 28.8 Å². The highest BCUT2D eigenvalue weighted by molar-refractivity contribution is 5.96. The molecular weight excluding hydrogens is 178 g/mol. The Morgan fingerprint density at radius 1 is 1.29 bits per heavy atom. The molecule has 0 spiro atoms. The van der Waals surface area contributed by atoms with Crippen molar-refractivity contribution in [2.45, 2.75) is 13.8 Å². The first-order chi connectivity index (χ1) is 6.70. The summed E-state index contributed by atoms with van der Waals surface area (Å²) in [6.45, 7) is 5.25. The smallest absolute Gasteiger partial charge is 0.216 e. The fraction of sp³-hybridized carbons (Fsp3) is 0.364. The summed E-state index contributed by atoms with van der Waals surface area (Å²) < 4.78 is 5.38. The zero-order chi connectivity index (χ0) is 10.1. The summed E-state index contributed by atoms with van der Waals surface area (Å²) in [6.07, 6.45) is 0. The van der Waals surface area contributed by atoms with Gasteiger partial charge in [-0.2, -0.15) is 0 Å². The highest BCUT2D eigenvalue weighted by Crippen LogP contribution is 2.24. The molecular formula is C11H13NO2. The first kappa shape index (κ1) is 9.06. The Bertz CT molecular complexity index is 397. The van der Waals surface area contributed by atoms with E-state index in [1.165, 1.54) is 0 Å². The van der Waals surface area contributed by atoms with Gasteiger partial charge in [0.05, 0.1) is 6.54 Å². The molecule has 0 radical (unpaired) electrons. The van der Waals surface area contributed by atoms with Gasteiger partial charge in [-0.3, -0.25) is 0 Å². The second kappa shape index (κ2) is 3.33. The van der Waals surface area contributed by atoms with Crippen LogP contribution in [0, 0.1) is 13.8 Å². The Morgan fingerprint density at radius 3 is 2.71 bits per heavy atom. The minimum atomic E-state index is 0.324. The molecule has 0 aliphatic carbocycles. The first-order valence-electron chi connectivity index (χ1n) is 4.67. The molecule has 0 aromatic heterocycles. The molecule has 1 aromatic carbocycles. The molecule has 3 nitrogen and oxygen atoms in total. The van der Waals surface area contributed by atoms with E-state index in [1.54, 1.807) is 6.07 Å². The van der Waals surface area contributed by atoms with E-state index in [0.717, 1.165) is 23.2 Å². The summed E-state index contributed by atoms with van der Waals surface area (Å²) in [5.41, 5.74) is 2.91. The van der Waals surface area contributed by atoms with E-state index in [0.29, 0.717) is 18.3 Å². The number of aliphatic imine (C=N–C) groups is 1. The lowest BCUT2D eigenvalue weighted by Crippen LogP contribution is -2.04. The molecule has 2 rings (SSSR count). The lowest BCUT2D eigenvalue weighted by Gasteiger charge is -2.09. The molecule has 0 fully saturated rings. The molecule has 74 valence electrons. The summed E-state index contributed by atoms with van der Waals surface area (Å²) >= 11 is 0. The van der Waals surface area contributed by atoms with Gasteiger partial charge in [0.1, 0.15) is 12.4 Å². The number of ether oxygens (including phenoxy) is 1. The van der Waals surface area contributed by atoms with E-state index in [1.807, 2.05) is 19.9 Å². The van der Waals surface area contributed by atoms with Crippen molar-refractivity contribution >= 4 is 5.90 Å². The van der Waals surface area contributed by atoms with Gasteiger partial charge in [-0.05, 0) is 37.1 Å². The van der Waals surface area contributed by atoms with Crippen molar-refractivity contribution in [2.75, 3.05) is 13.2 Å². The van der Waals surface area contributed by atoms with Crippen LogP contribution in [0.2, 0.25) is 0 Å². The van der Waals surface area contributed by atoms with Gasteiger partial charge in [-0.15, -0.1) is 0 Å². The van der Waals surface area contributed by atoms with Gasteiger partial charge in [-0.1, -0.05) is 0 Å². The van der Waals surface area contributed by atoms with Gasteiger partial charge in [0, 0.05) is 5.56 Å². The van der Waals surface area contributed by atoms with Crippen LogP contribution in [0.5, 0.6) is 5.75 Å².